The molecule has 0 saturated heterocycles. The molecule has 0 amide bonds. The van der Waals surface area contributed by atoms with Crippen LogP contribution in [0.4, 0.5) is 0 Å². The Labute approximate surface area is 122 Å². The average molecular weight is 322 g/mol. The molecule has 1 N–H and O–H groups in total. The minimum Gasteiger partial charge on any atom is -0.360 e. The second-order valence-electron chi connectivity index (χ2n) is 5.03. The number of hydrogen-bond acceptors (Lipinski definition) is 1. The monoisotopic (exact) mass is 321 g/mol. The van der Waals surface area contributed by atoms with Crippen molar-refractivity contribution in [2.75, 3.05) is 0 Å². The van der Waals surface area contributed by atoms with Crippen molar-refractivity contribution in [1.82, 2.24) is 4.98 Å². The minimum atomic E-state index is 0.164. The molecule has 102 valence electrons. The predicted molar refractivity (Wildman–Crippen MR) is 83.6 cm³/mol. The van der Waals surface area contributed by atoms with Crippen LogP contribution in [-0.4, -0.2) is 10.8 Å². The Hall–Kier alpha value is -1.09. The summed E-state index contributed by atoms with van der Waals surface area (Å²) in [6.45, 7) is 4.28. The number of ketones is 1. The van der Waals surface area contributed by atoms with Gasteiger partial charge in [-0.3, -0.25) is 4.79 Å². The molecule has 0 aliphatic carbocycles. The molecule has 19 heavy (non-hydrogen) atoms. The first kappa shape index (κ1) is 14.3. The molecule has 0 unspecified atom stereocenters. The third-order valence-corrected chi connectivity index (χ3v) is 4.05. The van der Waals surface area contributed by atoms with E-state index in [2.05, 4.69) is 34.8 Å². The van der Waals surface area contributed by atoms with E-state index >= 15 is 0 Å². The van der Waals surface area contributed by atoms with E-state index in [1.807, 2.05) is 24.4 Å². The third kappa shape index (κ3) is 3.08. The number of aromatic nitrogens is 1. The molecule has 3 heteroatoms. The van der Waals surface area contributed by atoms with Crippen molar-refractivity contribution in [3.05, 3.63) is 34.4 Å². The first-order valence-electron chi connectivity index (χ1n) is 6.98. The summed E-state index contributed by atoms with van der Waals surface area (Å²) in [7, 11) is 0. The molecular formula is C16H20BrNO. The fourth-order valence-corrected chi connectivity index (χ4v) is 2.99. The van der Waals surface area contributed by atoms with Crippen molar-refractivity contribution in [3.8, 4) is 0 Å². The lowest BCUT2D eigenvalue weighted by Crippen LogP contribution is -2.14. The molecule has 0 saturated carbocycles. The van der Waals surface area contributed by atoms with Gasteiger partial charge in [-0.05, 0) is 25.0 Å². The average Bonchev–Trinajstić information content (AvgIpc) is 2.80. The summed E-state index contributed by atoms with van der Waals surface area (Å²) in [5, 5.41) is 1.03. The van der Waals surface area contributed by atoms with E-state index < -0.39 is 0 Å². The molecule has 0 aliphatic heterocycles. The van der Waals surface area contributed by atoms with Gasteiger partial charge in [0.05, 0.1) is 0 Å². The van der Waals surface area contributed by atoms with Gasteiger partial charge in [-0.2, -0.15) is 0 Å². The highest BCUT2D eigenvalue weighted by molar-refractivity contribution is 9.10. The maximum atomic E-state index is 12.7. The third-order valence-electron chi connectivity index (χ3n) is 3.55. The Morgan fingerprint density at radius 3 is 2.58 bits per heavy atom. The Morgan fingerprint density at radius 1 is 1.26 bits per heavy atom. The second-order valence-corrected chi connectivity index (χ2v) is 5.95. The maximum Gasteiger partial charge on any atom is 0.168 e. The lowest BCUT2D eigenvalue weighted by molar-refractivity contribution is 0.0906. The van der Waals surface area contributed by atoms with Gasteiger partial charge in [0.2, 0.25) is 0 Å². The van der Waals surface area contributed by atoms with Crippen LogP contribution in [0.15, 0.2) is 28.9 Å². The van der Waals surface area contributed by atoms with Crippen molar-refractivity contribution in [2.24, 2.45) is 5.92 Å². The predicted octanol–water partition coefficient (Wildman–Crippen LogP) is 5.33. The number of H-pyrrole nitrogens is 1. The summed E-state index contributed by atoms with van der Waals surface area (Å²) in [4.78, 5) is 15.9. The van der Waals surface area contributed by atoms with Crippen molar-refractivity contribution in [2.45, 2.75) is 39.5 Å². The number of carbonyl (C=O) groups is 1. The molecule has 2 nitrogen and oxygen atoms in total. The zero-order valence-corrected chi connectivity index (χ0v) is 13.1. The van der Waals surface area contributed by atoms with Crippen LogP contribution in [0.1, 0.15) is 49.9 Å². The van der Waals surface area contributed by atoms with Crippen LogP contribution in [0, 0.1) is 5.92 Å². The molecule has 0 spiro atoms. The van der Waals surface area contributed by atoms with E-state index in [0.29, 0.717) is 0 Å². The standard InChI is InChI=1S/C16H20BrNO/c1-3-5-11(6-4-2)16(19)14-10-18-15-9-12(17)7-8-13(14)15/h7-11,18H,3-6H2,1-2H3. The first-order chi connectivity index (χ1) is 9.17. The molecule has 2 rings (SSSR count). The van der Waals surface area contributed by atoms with Gasteiger partial charge in [-0.1, -0.05) is 48.7 Å². The highest BCUT2D eigenvalue weighted by Crippen LogP contribution is 2.27. The number of halogens is 1. The van der Waals surface area contributed by atoms with E-state index in [4.69, 9.17) is 0 Å². The largest absolute Gasteiger partial charge is 0.360 e. The number of nitrogens with one attached hydrogen (secondary N) is 1. The van der Waals surface area contributed by atoms with Crippen molar-refractivity contribution < 1.29 is 4.79 Å². The summed E-state index contributed by atoms with van der Waals surface area (Å²) in [5.41, 5.74) is 1.86. The molecule has 0 bridgehead atoms. The highest BCUT2D eigenvalue weighted by Gasteiger charge is 2.21. The summed E-state index contributed by atoms with van der Waals surface area (Å²) in [6, 6.07) is 6.01. The van der Waals surface area contributed by atoms with Gasteiger partial charge in [0.25, 0.3) is 0 Å². The molecule has 1 heterocycles. The summed E-state index contributed by atoms with van der Waals surface area (Å²) in [5.74, 6) is 0.454. The van der Waals surface area contributed by atoms with Crippen LogP contribution < -0.4 is 0 Å². The normalized spacial score (nSPS) is 11.4. The number of aromatic amines is 1. The molecule has 0 fully saturated rings. The van der Waals surface area contributed by atoms with Gasteiger partial charge in [0.1, 0.15) is 0 Å². The quantitative estimate of drug-likeness (QED) is 0.716. The van der Waals surface area contributed by atoms with Crippen molar-refractivity contribution in [1.29, 1.82) is 0 Å². The van der Waals surface area contributed by atoms with Crippen molar-refractivity contribution in [3.63, 3.8) is 0 Å². The zero-order chi connectivity index (χ0) is 13.8. The van der Waals surface area contributed by atoms with E-state index in [0.717, 1.165) is 46.6 Å². The molecule has 2 aromatic rings. The van der Waals surface area contributed by atoms with Gasteiger partial charge >= 0.3 is 0 Å². The van der Waals surface area contributed by atoms with Crippen LogP contribution in [0.5, 0.6) is 0 Å². The Bertz CT molecular complexity index is 567. The van der Waals surface area contributed by atoms with Crippen LogP contribution in [0.2, 0.25) is 0 Å². The number of carbonyl (C=O) groups excluding carboxylic acids is 1. The van der Waals surface area contributed by atoms with E-state index in [1.54, 1.807) is 0 Å². The summed E-state index contributed by atoms with van der Waals surface area (Å²) in [6.07, 6.45) is 5.94. The lowest BCUT2D eigenvalue weighted by atomic mass is 9.90. The van der Waals surface area contributed by atoms with Gasteiger partial charge in [0, 0.05) is 33.1 Å². The number of benzene rings is 1. The van der Waals surface area contributed by atoms with Crippen LogP contribution >= 0.6 is 15.9 Å². The molecule has 1 aromatic heterocycles. The number of rotatable bonds is 6. The molecule has 0 radical (unpaired) electrons. The maximum absolute atomic E-state index is 12.7. The summed E-state index contributed by atoms with van der Waals surface area (Å²) < 4.78 is 1.03. The zero-order valence-electron chi connectivity index (χ0n) is 11.5. The summed E-state index contributed by atoms with van der Waals surface area (Å²) >= 11 is 3.45. The number of hydrogen-bond donors (Lipinski definition) is 1. The molecule has 0 atom stereocenters. The van der Waals surface area contributed by atoms with Crippen LogP contribution in [-0.2, 0) is 0 Å². The highest BCUT2D eigenvalue weighted by atomic mass is 79.9. The first-order valence-corrected chi connectivity index (χ1v) is 7.77. The number of Topliss-reactive ketones (excluding diaryl/α,β-unsaturated/α-hetero) is 1. The topological polar surface area (TPSA) is 32.9 Å². The van der Waals surface area contributed by atoms with Gasteiger partial charge < -0.3 is 4.98 Å². The van der Waals surface area contributed by atoms with Gasteiger partial charge in [-0.25, -0.2) is 0 Å². The van der Waals surface area contributed by atoms with Crippen LogP contribution in [0.3, 0.4) is 0 Å². The fraction of sp³-hybridized carbons (Fsp3) is 0.438. The Morgan fingerprint density at radius 2 is 1.95 bits per heavy atom. The van der Waals surface area contributed by atoms with E-state index in [1.165, 1.54) is 0 Å². The lowest BCUT2D eigenvalue weighted by Gasteiger charge is -2.13. The smallest absolute Gasteiger partial charge is 0.168 e. The fourth-order valence-electron chi connectivity index (χ4n) is 2.63. The van der Waals surface area contributed by atoms with Crippen LogP contribution in [0.25, 0.3) is 10.9 Å². The second kappa shape index (κ2) is 6.38. The SMILES string of the molecule is CCCC(CCC)C(=O)c1c[nH]c2cc(Br)ccc12. The van der Waals surface area contributed by atoms with E-state index in [9.17, 15) is 4.79 Å². The Kier molecular flexibility index (Phi) is 4.81. The van der Waals surface area contributed by atoms with Gasteiger partial charge in [0.15, 0.2) is 5.78 Å². The minimum absolute atomic E-state index is 0.164. The van der Waals surface area contributed by atoms with E-state index in [-0.39, 0.29) is 11.7 Å². The number of fused-ring (bicyclic) bond motifs is 1. The Balaban J connectivity index is 2.34. The molecule has 1 aromatic carbocycles. The van der Waals surface area contributed by atoms with Gasteiger partial charge in [-0.15, -0.1) is 0 Å². The molecular weight excluding hydrogens is 302 g/mol. The van der Waals surface area contributed by atoms with Crippen molar-refractivity contribution >= 4 is 32.6 Å². The molecule has 0 aliphatic rings.